The zero-order valence-electron chi connectivity index (χ0n) is 13.2. The standard InChI is InChI=1S/C17H30N2O/c1-17(2)7-5-16(20)14(11-17)12-18-10-6-15(13-18)19-8-3-4-9-19/h14-15H,3-13H2,1-2H3. The summed E-state index contributed by atoms with van der Waals surface area (Å²) in [4.78, 5) is 17.4. The number of likely N-dealkylation sites (tertiary alicyclic amines) is 2. The molecule has 2 aliphatic heterocycles. The number of carbonyl (C=O) groups is 1. The minimum atomic E-state index is 0.302. The summed E-state index contributed by atoms with van der Waals surface area (Å²) >= 11 is 0. The maximum Gasteiger partial charge on any atom is 0.137 e. The van der Waals surface area contributed by atoms with Crippen molar-refractivity contribution in [3.05, 3.63) is 0 Å². The lowest BCUT2D eigenvalue weighted by molar-refractivity contribution is -0.127. The zero-order valence-corrected chi connectivity index (χ0v) is 13.2. The predicted molar refractivity (Wildman–Crippen MR) is 81.8 cm³/mol. The molecule has 3 nitrogen and oxygen atoms in total. The van der Waals surface area contributed by atoms with Gasteiger partial charge in [0, 0.05) is 31.5 Å². The molecule has 0 amide bonds. The summed E-state index contributed by atoms with van der Waals surface area (Å²) in [6, 6.07) is 0.768. The van der Waals surface area contributed by atoms with Crippen LogP contribution in [0.25, 0.3) is 0 Å². The smallest absolute Gasteiger partial charge is 0.137 e. The molecule has 2 atom stereocenters. The summed E-state index contributed by atoms with van der Waals surface area (Å²) in [6.45, 7) is 10.7. The Balaban J connectivity index is 1.52. The minimum absolute atomic E-state index is 0.302. The quantitative estimate of drug-likeness (QED) is 0.792. The maximum atomic E-state index is 12.2. The summed E-state index contributed by atoms with van der Waals surface area (Å²) in [5, 5.41) is 0. The molecule has 0 aromatic carbocycles. The molecule has 0 radical (unpaired) electrons. The fourth-order valence-electron chi connectivity index (χ4n) is 4.41. The molecule has 0 spiro atoms. The van der Waals surface area contributed by atoms with Gasteiger partial charge in [0.05, 0.1) is 0 Å². The second-order valence-corrected chi connectivity index (χ2v) is 7.98. The number of hydrogen-bond donors (Lipinski definition) is 0. The third-order valence-corrected chi connectivity index (χ3v) is 5.69. The van der Waals surface area contributed by atoms with E-state index in [1.807, 2.05) is 0 Å². The first-order chi connectivity index (χ1) is 9.53. The van der Waals surface area contributed by atoms with Gasteiger partial charge in [0.15, 0.2) is 0 Å². The highest BCUT2D eigenvalue weighted by Gasteiger charge is 2.36. The van der Waals surface area contributed by atoms with Gasteiger partial charge in [-0.3, -0.25) is 9.69 Å². The molecule has 3 fully saturated rings. The van der Waals surface area contributed by atoms with Crippen LogP contribution in [0.4, 0.5) is 0 Å². The van der Waals surface area contributed by atoms with E-state index < -0.39 is 0 Å². The van der Waals surface area contributed by atoms with E-state index >= 15 is 0 Å². The zero-order chi connectivity index (χ0) is 14.2. The molecule has 3 heteroatoms. The van der Waals surface area contributed by atoms with Gasteiger partial charge in [0.25, 0.3) is 0 Å². The van der Waals surface area contributed by atoms with Crippen molar-refractivity contribution in [1.82, 2.24) is 9.80 Å². The molecular formula is C17H30N2O. The Labute approximate surface area is 123 Å². The summed E-state index contributed by atoms with van der Waals surface area (Å²) in [5.41, 5.74) is 0.368. The lowest BCUT2D eigenvalue weighted by Crippen LogP contribution is -2.40. The van der Waals surface area contributed by atoms with Gasteiger partial charge >= 0.3 is 0 Å². The van der Waals surface area contributed by atoms with Crippen LogP contribution in [0.15, 0.2) is 0 Å². The molecule has 3 rings (SSSR count). The van der Waals surface area contributed by atoms with Crippen molar-refractivity contribution in [2.75, 3.05) is 32.7 Å². The average molecular weight is 278 g/mol. The van der Waals surface area contributed by atoms with Crippen LogP contribution in [0.5, 0.6) is 0 Å². The Morgan fingerprint density at radius 3 is 2.70 bits per heavy atom. The topological polar surface area (TPSA) is 23.6 Å². The summed E-state index contributed by atoms with van der Waals surface area (Å²) in [7, 11) is 0. The normalized spacial score (nSPS) is 35.8. The van der Waals surface area contributed by atoms with Crippen LogP contribution < -0.4 is 0 Å². The molecule has 3 aliphatic rings. The van der Waals surface area contributed by atoms with Crippen LogP contribution in [0.2, 0.25) is 0 Å². The maximum absolute atomic E-state index is 12.2. The van der Waals surface area contributed by atoms with Crippen molar-refractivity contribution in [1.29, 1.82) is 0 Å². The third-order valence-electron chi connectivity index (χ3n) is 5.69. The Hall–Kier alpha value is -0.410. The molecule has 2 saturated heterocycles. The van der Waals surface area contributed by atoms with Gasteiger partial charge in [0.2, 0.25) is 0 Å². The van der Waals surface area contributed by atoms with E-state index in [2.05, 4.69) is 23.6 Å². The van der Waals surface area contributed by atoms with E-state index in [0.29, 0.717) is 17.1 Å². The van der Waals surface area contributed by atoms with Gasteiger partial charge in [-0.25, -0.2) is 0 Å². The van der Waals surface area contributed by atoms with Gasteiger partial charge in [-0.1, -0.05) is 13.8 Å². The van der Waals surface area contributed by atoms with Crippen molar-refractivity contribution in [3.8, 4) is 0 Å². The highest BCUT2D eigenvalue weighted by Crippen LogP contribution is 2.37. The van der Waals surface area contributed by atoms with Crippen molar-refractivity contribution >= 4 is 5.78 Å². The number of rotatable bonds is 3. The molecule has 0 bridgehead atoms. The van der Waals surface area contributed by atoms with E-state index in [1.165, 1.54) is 45.4 Å². The molecule has 0 N–H and O–H groups in total. The number of Topliss-reactive ketones (excluding diaryl/α,β-unsaturated/α-hetero) is 1. The Bertz CT molecular complexity index is 360. The highest BCUT2D eigenvalue weighted by molar-refractivity contribution is 5.82. The van der Waals surface area contributed by atoms with Crippen LogP contribution in [0.3, 0.4) is 0 Å². The molecule has 1 saturated carbocycles. The number of carbonyl (C=O) groups excluding carboxylic acids is 1. The summed E-state index contributed by atoms with van der Waals surface area (Å²) < 4.78 is 0. The molecule has 114 valence electrons. The molecule has 20 heavy (non-hydrogen) atoms. The largest absolute Gasteiger partial charge is 0.301 e. The molecule has 0 aromatic rings. The van der Waals surface area contributed by atoms with Crippen LogP contribution in [-0.4, -0.2) is 54.3 Å². The second-order valence-electron chi connectivity index (χ2n) is 7.98. The van der Waals surface area contributed by atoms with E-state index in [-0.39, 0.29) is 0 Å². The second kappa shape index (κ2) is 5.76. The van der Waals surface area contributed by atoms with Crippen LogP contribution in [0, 0.1) is 11.3 Å². The first-order valence-corrected chi connectivity index (χ1v) is 8.53. The van der Waals surface area contributed by atoms with Gasteiger partial charge in [-0.2, -0.15) is 0 Å². The first-order valence-electron chi connectivity index (χ1n) is 8.53. The monoisotopic (exact) mass is 278 g/mol. The van der Waals surface area contributed by atoms with Crippen molar-refractivity contribution in [3.63, 3.8) is 0 Å². The van der Waals surface area contributed by atoms with Gasteiger partial charge in [0.1, 0.15) is 5.78 Å². The summed E-state index contributed by atoms with van der Waals surface area (Å²) in [6.07, 6.45) is 7.05. The van der Waals surface area contributed by atoms with E-state index in [1.54, 1.807) is 0 Å². The highest BCUT2D eigenvalue weighted by atomic mass is 16.1. The molecule has 0 aromatic heterocycles. The van der Waals surface area contributed by atoms with Crippen molar-refractivity contribution in [2.45, 2.75) is 58.4 Å². The van der Waals surface area contributed by atoms with E-state index in [9.17, 15) is 4.79 Å². The molecule has 2 unspecified atom stereocenters. The van der Waals surface area contributed by atoms with Crippen molar-refractivity contribution in [2.24, 2.45) is 11.3 Å². The molecule has 1 aliphatic carbocycles. The van der Waals surface area contributed by atoms with Gasteiger partial charge < -0.3 is 4.90 Å². The number of ketones is 1. The predicted octanol–water partition coefficient (Wildman–Crippen LogP) is 2.55. The fraction of sp³-hybridized carbons (Fsp3) is 0.941. The van der Waals surface area contributed by atoms with E-state index in [4.69, 9.17) is 0 Å². The Morgan fingerprint density at radius 2 is 1.95 bits per heavy atom. The molecular weight excluding hydrogens is 248 g/mol. The average Bonchev–Trinajstić information content (AvgIpc) is 3.03. The van der Waals surface area contributed by atoms with Crippen molar-refractivity contribution < 1.29 is 4.79 Å². The fourth-order valence-corrected chi connectivity index (χ4v) is 4.41. The SMILES string of the molecule is CC1(C)CCC(=O)C(CN2CCC(N3CCCC3)C2)C1. The van der Waals surface area contributed by atoms with Crippen LogP contribution in [-0.2, 0) is 4.79 Å². The van der Waals surface area contributed by atoms with Gasteiger partial charge in [-0.15, -0.1) is 0 Å². The molecule has 2 heterocycles. The van der Waals surface area contributed by atoms with Crippen LogP contribution >= 0.6 is 0 Å². The van der Waals surface area contributed by atoms with E-state index in [0.717, 1.165) is 31.8 Å². The first kappa shape index (κ1) is 14.5. The lowest BCUT2D eigenvalue weighted by atomic mass is 9.71. The third kappa shape index (κ3) is 3.25. The lowest BCUT2D eigenvalue weighted by Gasteiger charge is -2.36. The number of hydrogen-bond acceptors (Lipinski definition) is 3. The number of nitrogens with zero attached hydrogens (tertiary/aromatic N) is 2. The van der Waals surface area contributed by atoms with Gasteiger partial charge in [-0.05, 0) is 57.2 Å². The Morgan fingerprint density at radius 1 is 1.20 bits per heavy atom. The minimum Gasteiger partial charge on any atom is -0.301 e. The summed E-state index contributed by atoms with van der Waals surface area (Å²) in [5.74, 6) is 0.824. The Kier molecular flexibility index (Phi) is 4.19. The van der Waals surface area contributed by atoms with Crippen LogP contribution in [0.1, 0.15) is 52.4 Å².